The van der Waals surface area contributed by atoms with Crippen molar-refractivity contribution in [3.05, 3.63) is 0 Å². The van der Waals surface area contributed by atoms with Gasteiger partial charge in [0.05, 0.1) is 18.7 Å². The van der Waals surface area contributed by atoms with Crippen LogP contribution in [-0.4, -0.2) is 47.7 Å². The fourth-order valence-electron chi connectivity index (χ4n) is 2.89. The van der Waals surface area contributed by atoms with Gasteiger partial charge in [-0.25, -0.2) is 0 Å². The van der Waals surface area contributed by atoms with E-state index in [0.29, 0.717) is 31.3 Å². The molecule has 2 fully saturated rings. The molecule has 17 heavy (non-hydrogen) atoms. The van der Waals surface area contributed by atoms with Crippen molar-refractivity contribution in [1.82, 2.24) is 10.2 Å². The van der Waals surface area contributed by atoms with Crippen molar-refractivity contribution < 1.29 is 9.90 Å². The van der Waals surface area contributed by atoms with E-state index in [9.17, 15) is 9.90 Å². The second kappa shape index (κ2) is 4.94. The van der Waals surface area contributed by atoms with Crippen LogP contribution in [0.5, 0.6) is 0 Å². The zero-order valence-electron chi connectivity index (χ0n) is 10.9. The van der Waals surface area contributed by atoms with E-state index in [4.69, 9.17) is 0 Å². The van der Waals surface area contributed by atoms with Gasteiger partial charge in [0.15, 0.2) is 0 Å². The number of nitrogens with one attached hydrogen (secondary N) is 1. The third-order valence-electron chi connectivity index (χ3n) is 4.05. The van der Waals surface area contributed by atoms with Crippen molar-refractivity contribution in [2.75, 3.05) is 26.2 Å². The summed E-state index contributed by atoms with van der Waals surface area (Å²) in [6, 6.07) is 0. The number of aliphatic hydroxyl groups is 1. The molecule has 2 atom stereocenters. The summed E-state index contributed by atoms with van der Waals surface area (Å²) in [5, 5.41) is 13.0. The number of nitrogens with zero attached hydrogens (tertiary/aromatic N) is 1. The van der Waals surface area contributed by atoms with Crippen LogP contribution in [0, 0.1) is 11.8 Å². The molecule has 4 nitrogen and oxygen atoms in total. The first-order valence-electron chi connectivity index (χ1n) is 6.69. The second-order valence-corrected chi connectivity index (χ2v) is 6.03. The standard InChI is InChI=1S/C13H24N2O2/c1-10(11-4-3-5-14-7-11)6-12(16)15-8-13(2,17)9-15/h10-11,14,17H,3-9H2,1-2H3. The molecule has 0 aromatic heterocycles. The van der Waals surface area contributed by atoms with Crippen LogP contribution in [0.4, 0.5) is 0 Å². The van der Waals surface area contributed by atoms with Gasteiger partial charge in [-0.15, -0.1) is 0 Å². The third kappa shape index (κ3) is 3.19. The summed E-state index contributed by atoms with van der Waals surface area (Å²) in [7, 11) is 0. The molecule has 2 rings (SSSR count). The Labute approximate surface area is 103 Å². The molecule has 0 bridgehead atoms. The van der Waals surface area contributed by atoms with Crippen molar-refractivity contribution in [2.24, 2.45) is 11.8 Å². The highest BCUT2D eigenvalue weighted by Crippen LogP contribution is 2.26. The fourth-order valence-corrected chi connectivity index (χ4v) is 2.89. The molecule has 0 saturated carbocycles. The SMILES string of the molecule is CC(CC(=O)N1CC(C)(O)C1)C1CCCNC1. The molecule has 98 valence electrons. The molecule has 2 heterocycles. The Kier molecular flexibility index (Phi) is 3.73. The first-order chi connectivity index (χ1) is 7.98. The number of carbonyl (C=O) groups excluding carboxylic acids is 1. The van der Waals surface area contributed by atoms with Crippen LogP contribution in [0.1, 0.15) is 33.1 Å². The number of hydrogen-bond acceptors (Lipinski definition) is 3. The quantitative estimate of drug-likeness (QED) is 0.760. The van der Waals surface area contributed by atoms with E-state index in [1.54, 1.807) is 11.8 Å². The van der Waals surface area contributed by atoms with Crippen molar-refractivity contribution in [2.45, 2.75) is 38.7 Å². The molecule has 1 amide bonds. The van der Waals surface area contributed by atoms with Gasteiger partial charge in [-0.05, 0) is 44.7 Å². The van der Waals surface area contributed by atoms with E-state index in [-0.39, 0.29) is 5.91 Å². The largest absolute Gasteiger partial charge is 0.386 e. The van der Waals surface area contributed by atoms with Crippen LogP contribution in [0.2, 0.25) is 0 Å². The Balaban J connectivity index is 1.74. The lowest BCUT2D eigenvalue weighted by Gasteiger charge is -2.44. The van der Waals surface area contributed by atoms with E-state index in [0.717, 1.165) is 13.1 Å². The predicted molar refractivity (Wildman–Crippen MR) is 66.6 cm³/mol. The molecule has 2 aliphatic rings. The van der Waals surface area contributed by atoms with Crippen LogP contribution in [0.3, 0.4) is 0 Å². The van der Waals surface area contributed by atoms with E-state index in [2.05, 4.69) is 12.2 Å². The molecule has 2 saturated heterocycles. The number of β-amino-alcohol motifs (C(OH)–C–C–N with tert-alkyl or cyclic N) is 1. The molecule has 2 N–H and O–H groups in total. The number of likely N-dealkylation sites (tertiary alicyclic amines) is 1. The molecule has 2 aliphatic heterocycles. The molecule has 0 aromatic carbocycles. The summed E-state index contributed by atoms with van der Waals surface area (Å²) >= 11 is 0. The minimum Gasteiger partial charge on any atom is -0.386 e. The number of hydrogen-bond donors (Lipinski definition) is 2. The van der Waals surface area contributed by atoms with Crippen molar-refractivity contribution in [3.8, 4) is 0 Å². The molecule has 0 spiro atoms. The van der Waals surface area contributed by atoms with Crippen LogP contribution < -0.4 is 5.32 Å². The van der Waals surface area contributed by atoms with E-state index in [1.807, 2.05) is 0 Å². The van der Waals surface area contributed by atoms with Gasteiger partial charge in [-0.2, -0.15) is 0 Å². The number of carbonyl (C=O) groups is 1. The predicted octanol–water partition coefficient (Wildman–Crippen LogP) is 0.605. The first kappa shape index (κ1) is 12.8. The Morgan fingerprint density at radius 1 is 1.59 bits per heavy atom. The topological polar surface area (TPSA) is 52.6 Å². The molecule has 4 heteroatoms. The zero-order chi connectivity index (χ0) is 12.5. The monoisotopic (exact) mass is 240 g/mol. The van der Waals surface area contributed by atoms with Gasteiger partial charge in [0.1, 0.15) is 0 Å². The van der Waals surface area contributed by atoms with Gasteiger partial charge in [-0.1, -0.05) is 6.92 Å². The second-order valence-electron chi connectivity index (χ2n) is 6.03. The van der Waals surface area contributed by atoms with Gasteiger partial charge in [0.2, 0.25) is 5.91 Å². The summed E-state index contributed by atoms with van der Waals surface area (Å²) in [5.41, 5.74) is -0.648. The Morgan fingerprint density at radius 3 is 2.82 bits per heavy atom. The van der Waals surface area contributed by atoms with Gasteiger partial charge < -0.3 is 15.3 Å². The first-order valence-corrected chi connectivity index (χ1v) is 6.69. The maximum absolute atomic E-state index is 12.0. The van der Waals surface area contributed by atoms with E-state index >= 15 is 0 Å². The van der Waals surface area contributed by atoms with E-state index in [1.165, 1.54) is 12.8 Å². The summed E-state index contributed by atoms with van der Waals surface area (Å²) in [6.07, 6.45) is 3.09. The maximum Gasteiger partial charge on any atom is 0.223 e. The molecular weight excluding hydrogens is 216 g/mol. The smallest absolute Gasteiger partial charge is 0.223 e. The maximum atomic E-state index is 12.0. The molecule has 0 radical (unpaired) electrons. The Bertz CT molecular complexity index is 277. The lowest BCUT2D eigenvalue weighted by Crippen LogP contribution is -2.61. The summed E-state index contributed by atoms with van der Waals surface area (Å²) in [4.78, 5) is 13.7. The van der Waals surface area contributed by atoms with Gasteiger partial charge >= 0.3 is 0 Å². The molecule has 0 aliphatic carbocycles. The highest BCUT2D eigenvalue weighted by molar-refractivity contribution is 5.77. The minimum absolute atomic E-state index is 0.203. The third-order valence-corrected chi connectivity index (χ3v) is 4.05. The number of piperidine rings is 1. The van der Waals surface area contributed by atoms with Gasteiger partial charge in [0.25, 0.3) is 0 Å². The van der Waals surface area contributed by atoms with Crippen molar-refractivity contribution >= 4 is 5.91 Å². The minimum atomic E-state index is -0.648. The average molecular weight is 240 g/mol. The van der Waals surface area contributed by atoms with Crippen LogP contribution >= 0.6 is 0 Å². The van der Waals surface area contributed by atoms with Crippen LogP contribution in [0.15, 0.2) is 0 Å². The van der Waals surface area contributed by atoms with Crippen LogP contribution in [0.25, 0.3) is 0 Å². The average Bonchev–Trinajstić information content (AvgIpc) is 2.26. The fraction of sp³-hybridized carbons (Fsp3) is 0.923. The highest BCUT2D eigenvalue weighted by atomic mass is 16.3. The molecule has 2 unspecified atom stereocenters. The Morgan fingerprint density at radius 2 is 2.29 bits per heavy atom. The van der Waals surface area contributed by atoms with E-state index < -0.39 is 5.60 Å². The van der Waals surface area contributed by atoms with Crippen molar-refractivity contribution in [1.29, 1.82) is 0 Å². The summed E-state index contributed by atoms with van der Waals surface area (Å²) in [5.74, 6) is 1.28. The highest BCUT2D eigenvalue weighted by Gasteiger charge is 2.39. The summed E-state index contributed by atoms with van der Waals surface area (Å²) < 4.78 is 0. The van der Waals surface area contributed by atoms with Crippen molar-refractivity contribution in [3.63, 3.8) is 0 Å². The zero-order valence-corrected chi connectivity index (χ0v) is 10.9. The lowest BCUT2D eigenvalue weighted by molar-refractivity contribution is -0.153. The normalized spacial score (nSPS) is 29.6. The molecular formula is C13H24N2O2. The number of amides is 1. The summed E-state index contributed by atoms with van der Waals surface area (Å²) in [6.45, 7) is 7.13. The van der Waals surface area contributed by atoms with Gasteiger partial charge in [0, 0.05) is 6.42 Å². The van der Waals surface area contributed by atoms with Crippen LogP contribution in [-0.2, 0) is 4.79 Å². The Hall–Kier alpha value is -0.610. The molecule has 0 aromatic rings. The lowest BCUT2D eigenvalue weighted by atomic mass is 9.84. The number of rotatable bonds is 3. The van der Waals surface area contributed by atoms with Gasteiger partial charge in [-0.3, -0.25) is 4.79 Å².